The van der Waals surface area contributed by atoms with Crippen LogP contribution in [0.2, 0.25) is 0 Å². The van der Waals surface area contributed by atoms with Crippen LogP contribution in [0.4, 0.5) is 9.59 Å². The molecular weight excluding hydrogens is 759 g/mol. The minimum Gasteiger partial charge on any atom is -0.453 e. The predicted molar refractivity (Wildman–Crippen MR) is 232 cm³/mol. The number of nitrogens with one attached hydrogen (secondary N) is 3. The lowest BCUT2D eigenvalue weighted by Crippen LogP contribution is -2.57. The van der Waals surface area contributed by atoms with Crippen molar-refractivity contribution in [2.24, 2.45) is 11.3 Å². The van der Waals surface area contributed by atoms with Crippen LogP contribution < -0.4 is 16.0 Å². The van der Waals surface area contributed by atoms with Crippen molar-refractivity contribution in [2.75, 3.05) is 26.7 Å². The highest BCUT2D eigenvalue weighted by Crippen LogP contribution is 2.25. The van der Waals surface area contributed by atoms with E-state index in [0.717, 1.165) is 33.8 Å². The Morgan fingerprint density at radius 3 is 2.28 bits per heavy atom. The summed E-state index contributed by atoms with van der Waals surface area (Å²) in [6.07, 6.45) is 1.70. The van der Waals surface area contributed by atoms with Crippen molar-refractivity contribution in [3.8, 4) is 11.3 Å². The number of pyridine rings is 2. The molecule has 1 aliphatic rings. The molecule has 2 aromatic carbocycles. The molecule has 320 valence electrons. The average Bonchev–Trinajstić information content (AvgIpc) is 3.58. The topological polar surface area (TPSA) is 166 Å². The maximum atomic E-state index is 14.5. The van der Waals surface area contributed by atoms with Gasteiger partial charge in [0.1, 0.15) is 6.04 Å². The molecule has 2 aromatic heterocycles. The number of aliphatic hydroxyl groups excluding tert-OH is 1. The minimum absolute atomic E-state index is 0.101. The van der Waals surface area contributed by atoms with Gasteiger partial charge < -0.3 is 35.6 Å². The summed E-state index contributed by atoms with van der Waals surface area (Å²) in [6.45, 7) is 11.1. The normalized spacial score (nSPS) is 15.4. The molecule has 1 aliphatic heterocycles. The summed E-state index contributed by atoms with van der Waals surface area (Å²) in [4.78, 5) is 66.3. The van der Waals surface area contributed by atoms with Gasteiger partial charge in [0.25, 0.3) is 0 Å². The van der Waals surface area contributed by atoms with E-state index < -0.39 is 35.7 Å². The number of ether oxygens (including phenoxy) is 1. The maximum Gasteiger partial charge on any atom is 0.406 e. The number of rotatable bonds is 20. The smallest absolute Gasteiger partial charge is 0.406 e. The number of benzene rings is 2. The van der Waals surface area contributed by atoms with Crippen LogP contribution in [0.5, 0.6) is 0 Å². The first-order chi connectivity index (χ1) is 28.7. The first-order valence-electron chi connectivity index (χ1n) is 20.9. The second-order valence-electron chi connectivity index (χ2n) is 16.7. The maximum absolute atomic E-state index is 14.5. The van der Waals surface area contributed by atoms with E-state index in [1.165, 1.54) is 7.11 Å². The van der Waals surface area contributed by atoms with Gasteiger partial charge in [-0.05, 0) is 72.9 Å². The molecule has 5 rings (SSSR count). The lowest BCUT2D eigenvalue weighted by atomic mass is 9.88. The quantitative estimate of drug-likeness (QED) is 0.0833. The predicted octanol–water partition coefficient (Wildman–Crippen LogP) is 6.08. The number of hydrogen-bond acceptors (Lipinski definition) is 8. The van der Waals surface area contributed by atoms with Crippen LogP contribution in [0.1, 0.15) is 69.5 Å². The summed E-state index contributed by atoms with van der Waals surface area (Å²) in [7, 11) is 1.29. The van der Waals surface area contributed by atoms with E-state index in [1.807, 2.05) is 126 Å². The van der Waals surface area contributed by atoms with Crippen LogP contribution in [0.3, 0.4) is 0 Å². The van der Waals surface area contributed by atoms with E-state index in [2.05, 4.69) is 25.9 Å². The third-order valence-electron chi connectivity index (χ3n) is 11.1. The fourth-order valence-electron chi connectivity index (χ4n) is 7.68. The average molecular weight is 820 g/mol. The molecule has 0 aliphatic carbocycles. The number of aromatic nitrogens is 2. The molecule has 60 heavy (non-hydrogen) atoms. The first-order valence-corrected chi connectivity index (χ1v) is 20.9. The van der Waals surface area contributed by atoms with Gasteiger partial charge in [0.2, 0.25) is 11.8 Å². The van der Waals surface area contributed by atoms with Crippen molar-refractivity contribution >= 4 is 23.9 Å². The van der Waals surface area contributed by atoms with Crippen molar-refractivity contribution in [3.05, 3.63) is 120 Å². The Hall–Kier alpha value is -5.82. The Morgan fingerprint density at radius 2 is 1.62 bits per heavy atom. The largest absolute Gasteiger partial charge is 0.453 e. The lowest BCUT2D eigenvalue weighted by molar-refractivity contribution is -0.129. The summed E-state index contributed by atoms with van der Waals surface area (Å²) in [5, 5.41) is 21.2. The van der Waals surface area contributed by atoms with Crippen LogP contribution in [0.15, 0.2) is 97.2 Å². The molecule has 1 saturated heterocycles. The van der Waals surface area contributed by atoms with Crippen LogP contribution in [0, 0.1) is 18.3 Å². The van der Waals surface area contributed by atoms with Gasteiger partial charge in [-0.3, -0.25) is 19.6 Å². The van der Waals surface area contributed by atoms with E-state index in [9.17, 15) is 24.3 Å². The van der Waals surface area contributed by atoms with E-state index in [1.54, 1.807) is 16.0 Å². The zero-order chi connectivity index (χ0) is 43.2. The Labute approximate surface area is 354 Å². The van der Waals surface area contributed by atoms with Gasteiger partial charge in [-0.25, -0.2) is 9.59 Å². The number of nitrogens with zero attached hydrogens (tertiary/aromatic N) is 4. The third-order valence-corrected chi connectivity index (χ3v) is 11.1. The van der Waals surface area contributed by atoms with E-state index in [0.29, 0.717) is 38.9 Å². The number of aliphatic hydroxyl groups is 1. The van der Waals surface area contributed by atoms with Gasteiger partial charge in [-0.2, -0.15) is 0 Å². The summed E-state index contributed by atoms with van der Waals surface area (Å²) in [6, 6.07) is 26.8. The SMILES string of the molecule is CCC(C)C(C(=O)NC(Cc1ccccc1)C(O)CC(Cc1ccc(-c2ccccn2)cc1)NC(=O)CC(C)(C)CNC(=O)OC)N1CCN(Cc2cccc(C)n2)C1=O. The van der Waals surface area contributed by atoms with Gasteiger partial charge >= 0.3 is 12.1 Å². The Balaban J connectivity index is 1.37. The van der Waals surface area contributed by atoms with Gasteiger partial charge in [0.15, 0.2) is 0 Å². The van der Waals surface area contributed by atoms with Crippen molar-refractivity contribution in [3.63, 3.8) is 0 Å². The van der Waals surface area contributed by atoms with Crippen molar-refractivity contribution in [1.82, 2.24) is 35.7 Å². The molecule has 0 spiro atoms. The van der Waals surface area contributed by atoms with Crippen LogP contribution in [-0.2, 0) is 33.7 Å². The standard InChI is InChI=1S/C47H61N7O6/c1-7-32(2)43(54-25-24-53(46(54)59)30-37-17-13-14-33(3)50-37)44(57)52-40(27-34-15-9-8-10-16-34)41(55)28-38(51-42(56)29-47(4,5)31-49-45(58)60-6)26-35-19-21-36(22-20-35)39-18-11-12-23-48-39/h8-23,32,38,40-41,43,55H,7,24-31H2,1-6H3,(H,49,58)(H,51,56)(H,52,57). The second-order valence-corrected chi connectivity index (χ2v) is 16.7. The summed E-state index contributed by atoms with van der Waals surface area (Å²) >= 11 is 0. The molecule has 13 nitrogen and oxygen atoms in total. The molecule has 3 heterocycles. The molecule has 13 heteroatoms. The number of hydrogen-bond donors (Lipinski definition) is 4. The van der Waals surface area contributed by atoms with E-state index in [-0.39, 0.29) is 43.1 Å². The Kier molecular flexibility index (Phi) is 16.2. The van der Waals surface area contributed by atoms with Crippen molar-refractivity contribution in [1.29, 1.82) is 0 Å². The van der Waals surface area contributed by atoms with Crippen LogP contribution in [-0.4, -0.2) is 99.8 Å². The van der Waals surface area contributed by atoms with Gasteiger partial charge in [-0.1, -0.05) is 101 Å². The molecule has 0 bridgehead atoms. The van der Waals surface area contributed by atoms with Gasteiger partial charge in [0, 0.05) is 49.6 Å². The number of urea groups is 1. The zero-order valence-corrected chi connectivity index (χ0v) is 35.8. The lowest BCUT2D eigenvalue weighted by Gasteiger charge is -2.34. The highest BCUT2D eigenvalue weighted by atomic mass is 16.5. The number of methoxy groups -OCH3 is 1. The highest BCUT2D eigenvalue weighted by molar-refractivity contribution is 5.88. The molecule has 5 unspecified atom stereocenters. The molecule has 4 aromatic rings. The molecule has 1 fully saturated rings. The van der Waals surface area contributed by atoms with Gasteiger partial charge in [-0.15, -0.1) is 0 Å². The summed E-state index contributed by atoms with van der Waals surface area (Å²) in [5.74, 6) is -0.746. The number of carbonyl (C=O) groups excluding carboxylic acids is 4. The second kappa shape index (κ2) is 21.4. The van der Waals surface area contributed by atoms with E-state index >= 15 is 0 Å². The Bertz CT molecular complexity index is 2010. The Morgan fingerprint density at radius 1 is 0.900 bits per heavy atom. The van der Waals surface area contributed by atoms with Crippen molar-refractivity contribution < 1.29 is 29.0 Å². The first kappa shape index (κ1) is 45.3. The molecule has 5 atom stereocenters. The number of aryl methyl sites for hydroxylation is 1. The highest BCUT2D eigenvalue weighted by Gasteiger charge is 2.41. The third kappa shape index (κ3) is 13.1. The summed E-state index contributed by atoms with van der Waals surface area (Å²) in [5.41, 5.74) is 4.71. The van der Waals surface area contributed by atoms with Crippen molar-refractivity contribution in [2.45, 2.75) is 97.5 Å². The number of alkyl carbamates (subject to hydrolysis) is 1. The number of amides is 5. The minimum atomic E-state index is -1.09. The molecule has 4 N–H and O–H groups in total. The molecule has 0 saturated carbocycles. The monoisotopic (exact) mass is 819 g/mol. The fourth-order valence-corrected chi connectivity index (χ4v) is 7.68. The fraction of sp³-hybridized carbons (Fsp3) is 0.447. The zero-order valence-electron chi connectivity index (χ0n) is 35.8. The van der Waals surface area contributed by atoms with E-state index in [4.69, 9.17) is 4.74 Å². The molecule has 5 amide bonds. The van der Waals surface area contributed by atoms with Gasteiger partial charge in [0.05, 0.1) is 37.2 Å². The van der Waals surface area contributed by atoms with Crippen LogP contribution in [0.25, 0.3) is 11.3 Å². The molecular formula is C47H61N7O6. The molecule has 0 radical (unpaired) electrons. The number of carbonyl (C=O) groups is 4. The summed E-state index contributed by atoms with van der Waals surface area (Å²) < 4.78 is 4.72. The van der Waals surface area contributed by atoms with Crippen LogP contribution >= 0.6 is 0 Å².